The van der Waals surface area contributed by atoms with E-state index in [2.05, 4.69) is 41.0 Å². The number of carboxylic acids is 2. The Morgan fingerprint density at radius 1 is 0.914 bits per heavy atom. The summed E-state index contributed by atoms with van der Waals surface area (Å²) in [5.74, 6) is -3.74. The Hall–Kier alpha value is -2.38. The molecule has 1 unspecified atom stereocenters. The molecule has 35 heavy (non-hydrogen) atoms. The fourth-order valence-electron chi connectivity index (χ4n) is 4.32. The zero-order valence-electron chi connectivity index (χ0n) is 19.0. The van der Waals surface area contributed by atoms with Gasteiger partial charge in [0.1, 0.15) is 0 Å². The second-order valence-electron chi connectivity index (χ2n) is 8.78. The van der Waals surface area contributed by atoms with Crippen LogP contribution in [0.4, 0.5) is 26.3 Å². The zero-order valence-corrected chi connectivity index (χ0v) is 19.0. The van der Waals surface area contributed by atoms with E-state index in [-0.39, 0.29) is 0 Å². The molecule has 0 aliphatic carbocycles. The van der Waals surface area contributed by atoms with Gasteiger partial charge in [-0.1, -0.05) is 29.8 Å². The lowest BCUT2D eigenvalue weighted by Gasteiger charge is -2.25. The number of halogens is 6. The lowest BCUT2D eigenvalue weighted by atomic mass is 10.0. The number of fused-ring (bicyclic) bond motifs is 1. The minimum absolute atomic E-state index is 0.709. The Balaban J connectivity index is 0.000000257. The molecule has 3 fully saturated rings. The first-order chi connectivity index (χ1) is 16.2. The number of hydrogen-bond acceptors (Lipinski definition) is 5. The van der Waals surface area contributed by atoms with E-state index in [0.717, 1.165) is 31.6 Å². The van der Waals surface area contributed by atoms with Gasteiger partial charge in [-0.3, -0.25) is 9.80 Å². The van der Waals surface area contributed by atoms with Crippen molar-refractivity contribution in [3.8, 4) is 0 Å². The molecule has 0 saturated carbocycles. The first kappa shape index (κ1) is 28.9. The first-order valence-electron chi connectivity index (χ1n) is 10.9. The fraction of sp³-hybridized carbons (Fsp3) is 0.636. The number of rotatable bonds is 3. The lowest BCUT2D eigenvalue weighted by Crippen LogP contribution is -2.36. The van der Waals surface area contributed by atoms with Gasteiger partial charge in [0.05, 0.1) is 6.61 Å². The van der Waals surface area contributed by atoms with Gasteiger partial charge in [-0.05, 0) is 30.7 Å². The van der Waals surface area contributed by atoms with Crippen molar-refractivity contribution in [2.75, 3.05) is 39.4 Å². The summed E-state index contributed by atoms with van der Waals surface area (Å²) in [5.41, 5.74) is 2.81. The van der Waals surface area contributed by atoms with Gasteiger partial charge < -0.3 is 14.9 Å². The van der Waals surface area contributed by atoms with Crippen molar-refractivity contribution in [1.82, 2.24) is 9.80 Å². The third-order valence-corrected chi connectivity index (χ3v) is 6.02. The third-order valence-electron chi connectivity index (χ3n) is 6.02. The minimum Gasteiger partial charge on any atom is -0.475 e. The zero-order chi connectivity index (χ0) is 26.4. The molecule has 3 aliphatic rings. The Bertz CT molecular complexity index is 802. The van der Waals surface area contributed by atoms with Crippen LogP contribution in [-0.4, -0.2) is 89.7 Å². The maximum atomic E-state index is 10.6. The Kier molecular flexibility index (Phi) is 9.93. The monoisotopic (exact) mass is 514 g/mol. The van der Waals surface area contributed by atoms with Crippen LogP contribution in [0.15, 0.2) is 24.3 Å². The average molecular weight is 514 g/mol. The lowest BCUT2D eigenvalue weighted by molar-refractivity contribution is -0.193. The highest BCUT2D eigenvalue weighted by Gasteiger charge is 2.42. The van der Waals surface area contributed by atoms with E-state index < -0.39 is 24.3 Å². The highest BCUT2D eigenvalue weighted by Crippen LogP contribution is 2.34. The van der Waals surface area contributed by atoms with E-state index in [9.17, 15) is 26.3 Å². The number of carboxylic acid groups (broad SMARTS) is 2. The molecule has 198 valence electrons. The Morgan fingerprint density at radius 3 is 1.74 bits per heavy atom. The molecule has 0 radical (unpaired) electrons. The highest BCUT2D eigenvalue weighted by molar-refractivity contribution is 5.73. The molecule has 3 saturated heterocycles. The van der Waals surface area contributed by atoms with E-state index in [0.29, 0.717) is 6.04 Å². The highest BCUT2D eigenvalue weighted by atomic mass is 19.4. The molecule has 3 heterocycles. The van der Waals surface area contributed by atoms with Crippen molar-refractivity contribution in [1.29, 1.82) is 0 Å². The van der Waals surface area contributed by atoms with Gasteiger partial charge in [0, 0.05) is 45.4 Å². The van der Waals surface area contributed by atoms with Crippen LogP contribution in [0.1, 0.15) is 17.5 Å². The summed E-state index contributed by atoms with van der Waals surface area (Å²) in [4.78, 5) is 23.1. The van der Waals surface area contributed by atoms with Crippen molar-refractivity contribution >= 4 is 11.9 Å². The van der Waals surface area contributed by atoms with Crippen molar-refractivity contribution in [3.05, 3.63) is 35.4 Å². The third kappa shape index (κ3) is 9.30. The van der Waals surface area contributed by atoms with E-state index in [4.69, 9.17) is 24.5 Å². The van der Waals surface area contributed by atoms with Crippen LogP contribution in [0, 0.1) is 18.8 Å². The average Bonchev–Trinajstić information content (AvgIpc) is 3.45. The molecule has 3 atom stereocenters. The summed E-state index contributed by atoms with van der Waals surface area (Å²) in [6, 6.07) is 9.74. The van der Waals surface area contributed by atoms with E-state index in [1.807, 2.05) is 0 Å². The van der Waals surface area contributed by atoms with Gasteiger partial charge in [-0.2, -0.15) is 26.3 Å². The molecule has 2 N–H and O–H groups in total. The van der Waals surface area contributed by atoms with Crippen molar-refractivity contribution < 1.29 is 50.9 Å². The molecular weight excluding hydrogens is 486 g/mol. The molecular formula is C22H28F6N2O5. The SMILES string of the molecule is Cc1ccc(CN2C[C@@H]3CN(C4CCOC4)C[C@@H]3C2)cc1.O=C(O)C(F)(F)F.O=C(O)C(F)(F)F. The molecule has 0 spiro atoms. The normalized spacial score (nSPS) is 24.7. The summed E-state index contributed by atoms with van der Waals surface area (Å²) in [5, 5.41) is 14.2. The standard InChI is InChI=1S/C18H26N2O.2C2HF3O2/c1-14-2-4-15(5-3-14)8-19-9-16-11-20(12-17(16)10-19)18-6-7-21-13-18;2*3-2(4,5)1(6)7/h2-5,16-18H,6-13H2,1H3;2*(H,6,7)/t16-,17+,18?;;. The van der Waals surface area contributed by atoms with Gasteiger partial charge in [0.25, 0.3) is 0 Å². The van der Waals surface area contributed by atoms with Crippen LogP contribution in [0.3, 0.4) is 0 Å². The van der Waals surface area contributed by atoms with Crippen LogP contribution >= 0.6 is 0 Å². The largest absolute Gasteiger partial charge is 0.490 e. The Labute approximate surface area is 198 Å². The molecule has 0 amide bonds. The number of carbonyl (C=O) groups is 2. The Morgan fingerprint density at radius 2 is 1.37 bits per heavy atom. The van der Waals surface area contributed by atoms with Gasteiger partial charge in [0.15, 0.2) is 0 Å². The van der Waals surface area contributed by atoms with Gasteiger partial charge in [0.2, 0.25) is 0 Å². The van der Waals surface area contributed by atoms with E-state index >= 15 is 0 Å². The number of aryl methyl sites for hydroxylation is 1. The van der Waals surface area contributed by atoms with Crippen LogP contribution in [0.2, 0.25) is 0 Å². The molecule has 1 aromatic rings. The van der Waals surface area contributed by atoms with Crippen molar-refractivity contribution in [3.63, 3.8) is 0 Å². The van der Waals surface area contributed by atoms with Gasteiger partial charge in [-0.25, -0.2) is 9.59 Å². The smallest absolute Gasteiger partial charge is 0.475 e. The van der Waals surface area contributed by atoms with Gasteiger partial charge >= 0.3 is 24.3 Å². The molecule has 0 aromatic heterocycles. The van der Waals surface area contributed by atoms with Crippen LogP contribution in [0.5, 0.6) is 0 Å². The number of likely N-dealkylation sites (tertiary alicyclic amines) is 2. The minimum atomic E-state index is -5.08. The maximum Gasteiger partial charge on any atom is 0.490 e. The molecule has 3 aliphatic heterocycles. The van der Waals surface area contributed by atoms with E-state index in [1.165, 1.54) is 43.7 Å². The predicted molar refractivity (Wildman–Crippen MR) is 112 cm³/mol. The quantitative estimate of drug-likeness (QED) is 0.598. The fourth-order valence-corrected chi connectivity index (χ4v) is 4.32. The number of benzene rings is 1. The topological polar surface area (TPSA) is 90.3 Å². The molecule has 7 nitrogen and oxygen atoms in total. The van der Waals surface area contributed by atoms with Crippen molar-refractivity contribution in [2.24, 2.45) is 11.8 Å². The van der Waals surface area contributed by atoms with Gasteiger partial charge in [-0.15, -0.1) is 0 Å². The second kappa shape index (κ2) is 12.0. The van der Waals surface area contributed by atoms with Crippen LogP contribution in [-0.2, 0) is 20.9 Å². The summed E-state index contributed by atoms with van der Waals surface area (Å²) in [7, 11) is 0. The maximum absolute atomic E-state index is 10.6. The number of aliphatic carboxylic acids is 2. The first-order valence-corrected chi connectivity index (χ1v) is 10.9. The van der Waals surface area contributed by atoms with E-state index in [1.54, 1.807) is 0 Å². The predicted octanol–water partition coefficient (Wildman–Crippen LogP) is 3.41. The molecule has 0 bridgehead atoms. The summed E-state index contributed by atoms with van der Waals surface area (Å²) in [6.45, 7) is 10.4. The number of hydrogen-bond donors (Lipinski definition) is 2. The summed E-state index contributed by atoms with van der Waals surface area (Å²) < 4.78 is 69.0. The number of ether oxygens (including phenoxy) is 1. The molecule has 13 heteroatoms. The molecule has 4 rings (SSSR count). The second-order valence-corrected chi connectivity index (χ2v) is 8.78. The summed E-state index contributed by atoms with van der Waals surface area (Å²) >= 11 is 0. The van der Waals surface area contributed by atoms with Crippen LogP contribution < -0.4 is 0 Å². The van der Waals surface area contributed by atoms with Crippen LogP contribution in [0.25, 0.3) is 0 Å². The number of nitrogens with zero attached hydrogens (tertiary/aromatic N) is 2. The van der Waals surface area contributed by atoms with Crippen molar-refractivity contribution in [2.45, 2.75) is 38.3 Å². The summed E-state index contributed by atoms with van der Waals surface area (Å²) in [6.07, 6.45) is -8.92. The molecule has 1 aromatic carbocycles. The number of alkyl halides is 6.